The summed E-state index contributed by atoms with van der Waals surface area (Å²) in [6.07, 6.45) is 1.18. The van der Waals surface area contributed by atoms with Crippen LogP contribution in [-0.4, -0.2) is 36.4 Å². The van der Waals surface area contributed by atoms with Gasteiger partial charge in [0.1, 0.15) is 6.17 Å². The highest BCUT2D eigenvalue weighted by Gasteiger charge is 2.41. The molecule has 0 amide bonds. The van der Waals surface area contributed by atoms with Crippen molar-refractivity contribution < 1.29 is 12.8 Å². The summed E-state index contributed by atoms with van der Waals surface area (Å²) in [4.78, 5) is 17.8. The van der Waals surface area contributed by atoms with Crippen molar-refractivity contribution in [1.29, 1.82) is 0 Å². The Hall–Kier alpha value is -2.84. The van der Waals surface area contributed by atoms with Crippen molar-refractivity contribution in [3.63, 3.8) is 0 Å². The van der Waals surface area contributed by atoms with Crippen molar-refractivity contribution in [2.75, 3.05) is 6.26 Å². The van der Waals surface area contributed by atoms with Crippen LogP contribution >= 0.6 is 0 Å². The molecule has 0 bridgehead atoms. The maximum Gasteiger partial charge on any atom is 0.257 e. The van der Waals surface area contributed by atoms with E-state index in [-0.39, 0.29) is 18.0 Å². The second kappa shape index (κ2) is 9.19. The van der Waals surface area contributed by atoms with E-state index in [1.807, 2.05) is 68.4 Å². The molecule has 3 atom stereocenters. The minimum atomic E-state index is -3.69. The van der Waals surface area contributed by atoms with E-state index in [2.05, 4.69) is 9.71 Å². The first kappa shape index (κ1) is 23.3. The molecule has 1 aliphatic rings. The summed E-state index contributed by atoms with van der Waals surface area (Å²) < 4.78 is 43.4. The van der Waals surface area contributed by atoms with Crippen LogP contribution in [0.25, 0.3) is 11.1 Å². The molecule has 1 heterocycles. The van der Waals surface area contributed by atoms with E-state index in [0.29, 0.717) is 17.7 Å². The SMILES string of the molecule is CC(C)n1cnc2c(c1=O)[C@@H](Cc1cccc(-c3ccccc3)c1)[C@@H](NS(C)(=O)=O)C(F)C2. The second-order valence-electron chi connectivity index (χ2n) is 8.92. The monoisotopic (exact) mass is 469 g/mol. The van der Waals surface area contributed by atoms with Crippen molar-refractivity contribution in [2.45, 2.75) is 50.9 Å². The minimum absolute atomic E-state index is 0.1000. The summed E-state index contributed by atoms with van der Waals surface area (Å²) in [5.74, 6) is -0.685. The summed E-state index contributed by atoms with van der Waals surface area (Å²) >= 11 is 0. The Morgan fingerprint density at radius 3 is 2.48 bits per heavy atom. The zero-order valence-electron chi connectivity index (χ0n) is 18.9. The lowest BCUT2D eigenvalue weighted by Gasteiger charge is -2.35. The first-order valence-electron chi connectivity index (χ1n) is 11.0. The molecule has 1 aromatic heterocycles. The predicted molar refractivity (Wildman–Crippen MR) is 128 cm³/mol. The molecule has 6 nitrogen and oxygen atoms in total. The van der Waals surface area contributed by atoms with Crippen LogP contribution in [0.4, 0.5) is 4.39 Å². The smallest absolute Gasteiger partial charge is 0.257 e. The third-order valence-electron chi connectivity index (χ3n) is 6.09. The molecule has 2 aromatic carbocycles. The Balaban J connectivity index is 1.81. The van der Waals surface area contributed by atoms with Gasteiger partial charge in [0, 0.05) is 23.9 Å². The van der Waals surface area contributed by atoms with Crippen LogP contribution in [0.2, 0.25) is 0 Å². The first-order valence-corrected chi connectivity index (χ1v) is 12.9. The van der Waals surface area contributed by atoms with Gasteiger partial charge >= 0.3 is 0 Å². The number of aromatic nitrogens is 2. The van der Waals surface area contributed by atoms with E-state index in [9.17, 15) is 13.2 Å². The van der Waals surface area contributed by atoms with Gasteiger partial charge in [0.15, 0.2) is 0 Å². The third kappa shape index (κ3) is 5.07. The van der Waals surface area contributed by atoms with Gasteiger partial charge in [-0.2, -0.15) is 0 Å². The zero-order chi connectivity index (χ0) is 23.8. The fourth-order valence-corrected chi connectivity index (χ4v) is 5.36. The lowest BCUT2D eigenvalue weighted by molar-refractivity contribution is 0.220. The van der Waals surface area contributed by atoms with Crippen LogP contribution in [0.1, 0.15) is 42.6 Å². The highest BCUT2D eigenvalue weighted by molar-refractivity contribution is 7.88. The largest absolute Gasteiger partial charge is 0.296 e. The Labute approximate surface area is 193 Å². The second-order valence-corrected chi connectivity index (χ2v) is 10.7. The number of hydrogen-bond acceptors (Lipinski definition) is 4. The van der Waals surface area contributed by atoms with Crippen molar-refractivity contribution in [3.8, 4) is 11.1 Å². The number of nitrogens with zero attached hydrogens (tertiary/aromatic N) is 2. The van der Waals surface area contributed by atoms with Crippen LogP contribution in [-0.2, 0) is 22.9 Å². The molecule has 1 N–H and O–H groups in total. The molecule has 0 aliphatic heterocycles. The molecular formula is C25H28FN3O3S. The summed E-state index contributed by atoms with van der Waals surface area (Å²) in [7, 11) is -3.69. The van der Waals surface area contributed by atoms with Gasteiger partial charge in [-0.1, -0.05) is 54.6 Å². The van der Waals surface area contributed by atoms with Crippen LogP contribution in [0.3, 0.4) is 0 Å². The fraction of sp³-hybridized carbons (Fsp3) is 0.360. The van der Waals surface area contributed by atoms with E-state index in [1.54, 1.807) is 0 Å². The maximum atomic E-state index is 15.3. The molecule has 0 fully saturated rings. The number of halogens is 1. The predicted octanol–water partition coefficient (Wildman–Crippen LogP) is 3.63. The standard InChI is InChI=1S/C25H28FN3O3S/c1-16(2)29-15-27-22-14-21(26)24(28-33(3,31)32)20(23(22)25(29)30)13-17-8-7-11-19(12-17)18-9-5-4-6-10-18/h4-12,15-16,20-21,24,28H,13-14H2,1-3H3/t20-,21?,24-/m1/s1. The summed E-state index contributed by atoms with van der Waals surface area (Å²) in [6.45, 7) is 3.75. The van der Waals surface area contributed by atoms with Crippen LogP contribution in [0.15, 0.2) is 65.7 Å². The van der Waals surface area contributed by atoms with Gasteiger partial charge < -0.3 is 0 Å². The van der Waals surface area contributed by atoms with E-state index in [0.717, 1.165) is 22.9 Å². The number of benzene rings is 2. The lowest BCUT2D eigenvalue weighted by atomic mass is 9.77. The molecule has 3 aromatic rings. The Bertz CT molecular complexity index is 1310. The van der Waals surface area contributed by atoms with Crippen molar-refractivity contribution in [1.82, 2.24) is 14.3 Å². The molecule has 8 heteroatoms. The molecule has 0 saturated heterocycles. The number of alkyl halides is 1. The van der Waals surface area contributed by atoms with Crippen LogP contribution in [0, 0.1) is 0 Å². The number of sulfonamides is 1. The Morgan fingerprint density at radius 1 is 1.12 bits per heavy atom. The third-order valence-corrected chi connectivity index (χ3v) is 6.79. The lowest BCUT2D eigenvalue weighted by Crippen LogP contribution is -2.51. The highest BCUT2D eigenvalue weighted by atomic mass is 32.2. The van der Waals surface area contributed by atoms with E-state index in [4.69, 9.17) is 0 Å². The van der Waals surface area contributed by atoms with Gasteiger partial charge in [0.05, 0.1) is 24.3 Å². The van der Waals surface area contributed by atoms with Gasteiger partial charge in [-0.25, -0.2) is 22.5 Å². The van der Waals surface area contributed by atoms with Crippen LogP contribution in [0.5, 0.6) is 0 Å². The number of hydrogen-bond donors (Lipinski definition) is 1. The van der Waals surface area contributed by atoms with Crippen molar-refractivity contribution in [3.05, 3.63) is 88.1 Å². The van der Waals surface area contributed by atoms with E-state index >= 15 is 4.39 Å². The maximum absolute atomic E-state index is 15.3. The zero-order valence-corrected chi connectivity index (χ0v) is 19.7. The van der Waals surface area contributed by atoms with Crippen LogP contribution < -0.4 is 10.3 Å². The molecule has 0 saturated carbocycles. The Kier molecular flexibility index (Phi) is 6.50. The van der Waals surface area contributed by atoms with E-state index < -0.39 is 28.2 Å². The molecular weight excluding hydrogens is 441 g/mol. The van der Waals surface area contributed by atoms with Crippen molar-refractivity contribution >= 4 is 10.0 Å². The summed E-state index contributed by atoms with van der Waals surface area (Å²) in [5, 5.41) is 0. The highest BCUT2D eigenvalue weighted by Crippen LogP contribution is 2.34. The van der Waals surface area contributed by atoms with Gasteiger partial charge in [-0.15, -0.1) is 0 Å². The fourth-order valence-electron chi connectivity index (χ4n) is 4.56. The number of fused-ring (bicyclic) bond motifs is 1. The normalized spacial score (nSPS) is 20.6. The van der Waals surface area contributed by atoms with Gasteiger partial charge in [-0.05, 0) is 37.0 Å². The first-order chi connectivity index (χ1) is 15.6. The Morgan fingerprint density at radius 2 is 1.82 bits per heavy atom. The van der Waals surface area contributed by atoms with E-state index in [1.165, 1.54) is 10.9 Å². The van der Waals surface area contributed by atoms with Gasteiger partial charge in [-0.3, -0.25) is 9.36 Å². The quantitative estimate of drug-likeness (QED) is 0.598. The van der Waals surface area contributed by atoms with Gasteiger partial charge in [0.25, 0.3) is 5.56 Å². The molecule has 4 rings (SSSR count). The molecule has 0 spiro atoms. The molecule has 0 radical (unpaired) electrons. The van der Waals surface area contributed by atoms with Crippen molar-refractivity contribution in [2.24, 2.45) is 0 Å². The minimum Gasteiger partial charge on any atom is -0.296 e. The van der Waals surface area contributed by atoms with Gasteiger partial charge in [0.2, 0.25) is 10.0 Å². The molecule has 1 unspecified atom stereocenters. The molecule has 33 heavy (non-hydrogen) atoms. The number of rotatable bonds is 6. The number of nitrogens with one attached hydrogen (secondary N) is 1. The molecule has 1 aliphatic carbocycles. The summed E-state index contributed by atoms with van der Waals surface area (Å²) in [5.41, 5.74) is 3.49. The summed E-state index contributed by atoms with van der Waals surface area (Å²) in [6, 6.07) is 16.5. The molecule has 174 valence electrons. The average molecular weight is 470 g/mol. The average Bonchev–Trinajstić information content (AvgIpc) is 2.76. The topological polar surface area (TPSA) is 81.1 Å².